The predicted molar refractivity (Wildman–Crippen MR) is 111 cm³/mol. The van der Waals surface area contributed by atoms with Gasteiger partial charge in [-0.25, -0.2) is 9.78 Å². The van der Waals surface area contributed by atoms with Crippen LogP contribution in [-0.2, 0) is 0 Å². The van der Waals surface area contributed by atoms with Gasteiger partial charge < -0.3 is 19.9 Å². The van der Waals surface area contributed by atoms with Gasteiger partial charge in [-0.1, -0.05) is 0 Å². The van der Waals surface area contributed by atoms with E-state index >= 15 is 0 Å². The Balaban J connectivity index is 1.22. The van der Waals surface area contributed by atoms with E-state index in [1.54, 1.807) is 6.20 Å². The number of carbonyl (C=O) groups is 1. The maximum atomic E-state index is 12.6. The molecule has 3 atom stereocenters. The minimum absolute atomic E-state index is 0.150. The first-order chi connectivity index (χ1) is 14.6. The van der Waals surface area contributed by atoms with Crippen LogP contribution < -0.4 is 15.4 Å². The zero-order valence-corrected chi connectivity index (χ0v) is 17.1. The van der Waals surface area contributed by atoms with E-state index in [1.165, 1.54) is 7.11 Å². The van der Waals surface area contributed by atoms with Crippen LogP contribution in [0.3, 0.4) is 0 Å². The van der Waals surface area contributed by atoms with Crippen molar-refractivity contribution in [1.29, 1.82) is 5.26 Å². The summed E-state index contributed by atoms with van der Waals surface area (Å²) < 4.78 is 8.94. The number of pyridine rings is 1. The number of nitriles is 1. The van der Waals surface area contributed by atoms with Crippen LogP contribution in [0.15, 0.2) is 18.5 Å². The average Bonchev–Trinajstić information content (AvgIpc) is 3.51. The number of anilines is 2. The van der Waals surface area contributed by atoms with E-state index < -0.39 is 0 Å². The molecule has 3 aromatic rings. The van der Waals surface area contributed by atoms with E-state index in [0.29, 0.717) is 35.6 Å². The summed E-state index contributed by atoms with van der Waals surface area (Å²) in [5, 5.41) is 17.2. The average molecular weight is 424 g/mol. The number of likely N-dealkylation sites (tertiary alicyclic amines) is 1. The second kappa shape index (κ2) is 7.46. The molecule has 2 aliphatic rings. The fraction of sp³-hybridized carbons (Fsp3) is 0.421. The van der Waals surface area contributed by atoms with Gasteiger partial charge in [0.2, 0.25) is 5.13 Å². The number of urea groups is 1. The van der Waals surface area contributed by atoms with Crippen molar-refractivity contribution in [3.05, 3.63) is 24.0 Å². The Labute approximate surface area is 176 Å². The molecule has 10 nitrogen and oxygen atoms in total. The fourth-order valence-corrected chi connectivity index (χ4v) is 5.08. The third-order valence-electron chi connectivity index (χ3n) is 5.90. The first-order valence-electron chi connectivity index (χ1n) is 9.71. The number of fused-ring (bicyclic) bond motifs is 2. The zero-order chi connectivity index (χ0) is 20.7. The van der Waals surface area contributed by atoms with Crippen molar-refractivity contribution in [2.45, 2.75) is 18.9 Å². The summed E-state index contributed by atoms with van der Waals surface area (Å²) in [5.41, 5.74) is 2.16. The molecular formula is C19H20N8O2S. The number of hydrogen-bond donors (Lipinski definition) is 3. The SMILES string of the molecule is COc1nsc(NC(=O)N2CC3C[C@@H](Nc4c(C#N)cnc5[nH]ccc45)C[C@@H]3C2)n1. The number of rotatable bonds is 4. The summed E-state index contributed by atoms with van der Waals surface area (Å²) in [6.45, 7) is 1.43. The van der Waals surface area contributed by atoms with Crippen LogP contribution >= 0.6 is 11.5 Å². The topological polar surface area (TPSA) is 132 Å². The van der Waals surface area contributed by atoms with E-state index in [2.05, 4.69) is 36.0 Å². The molecule has 1 aliphatic heterocycles. The molecule has 0 bridgehead atoms. The highest BCUT2D eigenvalue weighted by atomic mass is 32.1. The van der Waals surface area contributed by atoms with Crippen LogP contribution in [0.2, 0.25) is 0 Å². The lowest BCUT2D eigenvalue weighted by Gasteiger charge is -2.21. The molecular weight excluding hydrogens is 404 g/mol. The fourth-order valence-electron chi connectivity index (χ4n) is 4.55. The standard InChI is InChI=1S/C19H20N8O2S/c1-29-17-24-18(30-26-17)25-19(28)27-8-10-4-13(5-11(10)9-27)23-15-12(6-20)7-22-16-14(15)2-3-21-16/h2-3,7,10-11,13H,4-5,8-9H2,1H3,(H2,21,22,23)(H,24,25,26,28)/t10-,11?,13+/m1/s1. The molecule has 11 heteroatoms. The molecule has 1 saturated heterocycles. The Morgan fingerprint density at radius 3 is 2.90 bits per heavy atom. The van der Waals surface area contributed by atoms with Gasteiger partial charge in [0.05, 0.1) is 18.4 Å². The second-order valence-electron chi connectivity index (χ2n) is 7.65. The van der Waals surface area contributed by atoms with Crippen LogP contribution in [0.1, 0.15) is 18.4 Å². The number of aromatic amines is 1. The number of methoxy groups -OCH3 is 1. The highest BCUT2D eigenvalue weighted by molar-refractivity contribution is 7.10. The van der Waals surface area contributed by atoms with Gasteiger partial charge in [0, 0.05) is 48.4 Å². The Kier molecular flexibility index (Phi) is 4.63. The molecule has 30 heavy (non-hydrogen) atoms. The number of nitrogens with zero attached hydrogens (tertiary/aromatic N) is 5. The van der Waals surface area contributed by atoms with Gasteiger partial charge in [0.15, 0.2) is 0 Å². The Morgan fingerprint density at radius 1 is 1.40 bits per heavy atom. The van der Waals surface area contributed by atoms with Crippen molar-refractivity contribution in [3.63, 3.8) is 0 Å². The number of hydrogen-bond acceptors (Lipinski definition) is 8. The smallest absolute Gasteiger partial charge is 0.329 e. The number of amides is 2. The van der Waals surface area contributed by atoms with Crippen LogP contribution in [0, 0.1) is 23.2 Å². The molecule has 1 unspecified atom stereocenters. The third kappa shape index (κ3) is 3.29. The highest BCUT2D eigenvalue weighted by Crippen LogP contribution is 2.40. The Hall–Kier alpha value is -3.39. The molecule has 0 radical (unpaired) electrons. The molecule has 1 aliphatic carbocycles. The molecule has 154 valence electrons. The lowest BCUT2D eigenvalue weighted by molar-refractivity contribution is 0.218. The van der Waals surface area contributed by atoms with Gasteiger partial charge in [-0.05, 0) is 30.7 Å². The monoisotopic (exact) mass is 424 g/mol. The molecule has 3 N–H and O–H groups in total. The minimum atomic E-state index is -0.150. The quantitative estimate of drug-likeness (QED) is 0.586. The van der Waals surface area contributed by atoms with Crippen LogP contribution in [0.5, 0.6) is 6.01 Å². The molecule has 5 rings (SSSR count). The van der Waals surface area contributed by atoms with Gasteiger partial charge in [0.25, 0.3) is 0 Å². The van der Waals surface area contributed by atoms with E-state index in [0.717, 1.165) is 41.1 Å². The van der Waals surface area contributed by atoms with Crippen molar-refractivity contribution in [2.75, 3.05) is 30.8 Å². The first kappa shape index (κ1) is 18.6. The number of carbonyl (C=O) groups excluding carboxylic acids is 1. The normalized spacial score (nSPS) is 22.7. The Bertz CT molecular complexity index is 1120. The molecule has 3 aromatic heterocycles. The Morgan fingerprint density at radius 2 is 2.20 bits per heavy atom. The number of ether oxygens (including phenoxy) is 1. The van der Waals surface area contributed by atoms with Gasteiger partial charge >= 0.3 is 12.0 Å². The maximum Gasteiger partial charge on any atom is 0.329 e. The third-order valence-corrected chi connectivity index (χ3v) is 6.51. The largest absolute Gasteiger partial charge is 0.466 e. The van der Waals surface area contributed by atoms with Crippen molar-refractivity contribution < 1.29 is 9.53 Å². The van der Waals surface area contributed by atoms with Gasteiger partial charge in [-0.3, -0.25) is 5.32 Å². The van der Waals surface area contributed by atoms with Crippen LogP contribution in [0.25, 0.3) is 11.0 Å². The molecule has 2 amide bonds. The van der Waals surface area contributed by atoms with Crippen LogP contribution in [0.4, 0.5) is 15.6 Å². The molecule has 0 spiro atoms. The van der Waals surface area contributed by atoms with Crippen LogP contribution in [-0.4, -0.2) is 56.5 Å². The number of nitrogens with one attached hydrogen (secondary N) is 3. The first-order valence-corrected chi connectivity index (χ1v) is 10.5. The summed E-state index contributed by atoms with van der Waals surface area (Å²) in [6.07, 6.45) is 5.35. The lowest BCUT2D eigenvalue weighted by Crippen LogP contribution is -2.34. The zero-order valence-electron chi connectivity index (χ0n) is 16.3. The van der Waals surface area contributed by atoms with Crippen molar-refractivity contribution in [2.24, 2.45) is 11.8 Å². The maximum absolute atomic E-state index is 12.6. The highest BCUT2D eigenvalue weighted by Gasteiger charge is 2.42. The van der Waals surface area contributed by atoms with Crippen molar-refractivity contribution >= 4 is 39.4 Å². The van der Waals surface area contributed by atoms with Crippen molar-refractivity contribution in [1.82, 2.24) is 24.2 Å². The molecule has 2 fully saturated rings. The summed E-state index contributed by atoms with van der Waals surface area (Å²) in [5.74, 6) is 0.873. The summed E-state index contributed by atoms with van der Waals surface area (Å²) >= 11 is 1.10. The van der Waals surface area contributed by atoms with E-state index in [9.17, 15) is 10.1 Å². The van der Waals surface area contributed by atoms with Gasteiger partial charge in [0.1, 0.15) is 11.7 Å². The second-order valence-corrected chi connectivity index (χ2v) is 8.40. The molecule has 4 heterocycles. The molecule has 0 aromatic carbocycles. The predicted octanol–water partition coefficient (Wildman–Crippen LogP) is 2.65. The van der Waals surface area contributed by atoms with E-state index in [4.69, 9.17) is 4.74 Å². The summed E-state index contributed by atoms with van der Waals surface area (Å²) in [7, 11) is 1.49. The van der Waals surface area contributed by atoms with Gasteiger partial charge in [-0.15, -0.1) is 4.37 Å². The number of H-pyrrole nitrogens is 1. The van der Waals surface area contributed by atoms with E-state index in [1.807, 2.05) is 17.2 Å². The van der Waals surface area contributed by atoms with Crippen molar-refractivity contribution in [3.8, 4) is 12.1 Å². The van der Waals surface area contributed by atoms with Gasteiger partial charge in [-0.2, -0.15) is 10.2 Å². The van der Waals surface area contributed by atoms with E-state index in [-0.39, 0.29) is 18.1 Å². The summed E-state index contributed by atoms with van der Waals surface area (Å²) in [6, 6.07) is 4.55. The molecule has 1 saturated carbocycles. The minimum Gasteiger partial charge on any atom is -0.466 e. The lowest BCUT2D eigenvalue weighted by atomic mass is 10.0. The summed E-state index contributed by atoms with van der Waals surface area (Å²) in [4.78, 5) is 25.9. The number of aromatic nitrogens is 4.